The number of rotatable bonds is 9. The standard InChI is InChI=1S/C22H22ClN5OS/c1-2-3-13-19-24-20(29-27-19)15-30-22-26-25-21(17-11-7-8-12-18(17)23)28(22)14-16-9-5-4-6-10-16/h4-12H,2-3,13-15H2,1H3. The van der Waals surface area contributed by atoms with Crippen molar-refractivity contribution in [3.8, 4) is 11.4 Å². The Morgan fingerprint density at radius 1 is 1.03 bits per heavy atom. The highest BCUT2D eigenvalue weighted by atomic mass is 35.5. The van der Waals surface area contributed by atoms with Crippen LogP contribution in [0.15, 0.2) is 64.3 Å². The molecule has 154 valence electrons. The second-order valence-corrected chi connectivity index (χ2v) is 8.20. The molecule has 2 aromatic heterocycles. The quantitative estimate of drug-likeness (QED) is 0.313. The van der Waals surface area contributed by atoms with E-state index in [2.05, 4.69) is 44.0 Å². The molecule has 2 aromatic carbocycles. The van der Waals surface area contributed by atoms with E-state index in [9.17, 15) is 0 Å². The average molecular weight is 440 g/mol. The van der Waals surface area contributed by atoms with E-state index in [1.54, 1.807) is 0 Å². The van der Waals surface area contributed by atoms with Crippen molar-refractivity contribution in [1.29, 1.82) is 0 Å². The van der Waals surface area contributed by atoms with Gasteiger partial charge in [0.2, 0.25) is 5.89 Å². The number of halogens is 1. The summed E-state index contributed by atoms with van der Waals surface area (Å²) in [6, 6.07) is 17.9. The van der Waals surface area contributed by atoms with Crippen molar-refractivity contribution < 1.29 is 4.52 Å². The van der Waals surface area contributed by atoms with E-state index >= 15 is 0 Å². The maximum absolute atomic E-state index is 6.44. The smallest absolute Gasteiger partial charge is 0.237 e. The maximum atomic E-state index is 6.44. The minimum absolute atomic E-state index is 0.536. The molecule has 0 unspecified atom stereocenters. The Hall–Kier alpha value is -2.64. The van der Waals surface area contributed by atoms with Crippen LogP contribution in [0.3, 0.4) is 0 Å². The molecule has 0 atom stereocenters. The predicted molar refractivity (Wildman–Crippen MR) is 118 cm³/mol. The van der Waals surface area contributed by atoms with Crippen LogP contribution >= 0.6 is 23.4 Å². The lowest BCUT2D eigenvalue weighted by Gasteiger charge is -2.11. The van der Waals surface area contributed by atoms with E-state index < -0.39 is 0 Å². The number of thioether (sulfide) groups is 1. The van der Waals surface area contributed by atoms with E-state index in [4.69, 9.17) is 16.1 Å². The topological polar surface area (TPSA) is 69.6 Å². The minimum Gasteiger partial charge on any atom is -0.338 e. The number of benzene rings is 2. The molecule has 0 bridgehead atoms. The molecule has 4 rings (SSSR count). The summed E-state index contributed by atoms with van der Waals surface area (Å²) in [4.78, 5) is 4.48. The third-order valence-corrected chi connectivity index (χ3v) is 5.89. The zero-order valence-electron chi connectivity index (χ0n) is 16.7. The van der Waals surface area contributed by atoms with Crippen molar-refractivity contribution in [3.05, 3.63) is 76.9 Å². The molecular formula is C22H22ClN5OS. The molecule has 0 amide bonds. The van der Waals surface area contributed by atoms with Crippen molar-refractivity contribution >= 4 is 23.4 Å². The summed E-state index contributed by atoms with van der Waals surface area (Å²) in [7, 11) is 0. The van der Waals surface area contributed by atoms with Crippen LogP contribution in [0, 0.1) is 0 Å². The van der Waals surface area contributed by atoms with E-state index in [1.165, 1.54) is 11.8 Å². The van der Waals surface area contributed by atoms with Crippen LogP contribution in [-0.4, -0.2) is 24.9 Å². The maximum Gasteiger partial charge on any atom is 0.237 e. The number of hydrogen-bond donors (Lipinski definition) is 0. The highest BCUT2D eigenvalue weighted by molar-refractivity contribution is 7.98. The molecule has 30 heavy (non-hydrogen) atoms. The van der Waals surface area contributed by atoms with Gasteiger partial charge in [-0.15, -0.1) is 10.2 Å². The fourth-order valence-electron chi connectivity index (χ4n) is 3.06. The molecule has 2 heterocycles. The number of aryl methyl sites for hydroxylation is 1. The summed E-state index contributed by atoms with van der Waals surface area (Å²) in [5, 5.41) is 14.4. The molecule has 8 heteroatoms. The highest BCUT2D eigenvalue weighted by Crippen LogP contribution is 2.31. The van der Waals surface area contributed by atoms with Crippen LogP contribution in [0.4, 0.5) is 0 Å². The summed E-state index contributed by atoms with van der Waals surface area (Å²) in [5.74, 6) is 2.63. The molecule has 0 aliphatic rings. The number of hydrogen-bond acceptors (Lipinski definition) is 6. The summed E-state index contributed by atoms with van der Waals surface area (Å²) < 4.78 is 7.47. The lowest BCUT2D eigenvalue weighted by Crippen LogP contribution is -2.04. The second-order valence-electron chi connectivity index (χ2n) is 6.85. The zero-order valence-corrected chi connectivity index (χ0v) is 18.2. The van der Waals surface area contributed by atoms with Gasteiger partial charge in [-0.05, 0) is 24.1 Å². The monoisotopic (exact) mass is 439 g/mol. The van der Waals surface area contributed by atoms with Crippen molar-refractivity contribution in [2.75, 3.05) is 0 Å². The predicted octanol–water partition coefficient (Wildman–Crippen LogP) is 5.66. The molecule has 0 fully saturated rings. The van der Waals surface area contributed by atoms with E-state index in [-0.39, 0.29) is 0 Å². The minimum atomic E-state index is 0.536. The van der Waals surface area contributed by atoms with Crippen molar-refractivity contribution in [3.63, 3.8) is 0 Å². The van der Waals surface area contributed by atoms with Gasteiger partial charge in [0, 0.05) is 12.0 Å². The van der Waals surface area contributed by atoms with Gasteiger partial charge in [0.25, 0.3) is 0 Å². The molecular weight excluding hydrogens is 418 g/mol. The Kier molecular flexibility index (Phi) is 6.81. The van der Waals surface area contributed by atoms with Crippen LogP contribution < -0.4 is 0 Å². The average Bonchev–Trinajstić information content (AvgIpc) is 3.39. The van der Waals surface area contributed by atoms with Gasteiger partial charge in [0.05, 0.1) is 17.3 Å². The first kappa shape index (κ1) is 20.6. The van der Waals surface area contributed by atoms with Crippen molar-refractivity contribution in [2.24, 2.45) is 0 Å². The third-order valence-electron chi connectivity index (χ3n) is 4.60. The van der Waals surface area contributed by atoms with Crippen LogP contribution in [0.2, 0.25) is 5.02 Å². The summed E-state index contributed by atoms with van der Waals surface area (Å²) in [6.45, 7) is 2.79. The molecule has 0 radical (unpaired) electrons. The van der Waals surface area contributed by atoms with Crippen molar-refractivity contribution in [1.82, 2.24) is 24.9 Å². The first-order chi connectivity index (χ1) is 14.7. The molecule has 0 saturated carbocycles. The Morgan fingerprint density at radius 2 is 1.83 bits per heavy atom. The van der Waals surface area contributed by atoms with Gasteiger partial charge in [-0.2, -0.15) is 4.98 Å². The second kappa shape index (κ2) is 9.91. The van der Waals surface area contributed by atoms with Gasteiger partial charge >= 0.3 is 0 Å². The van der Waals surface area contributed by atoms with Crippen molar-refractivity contribution in [2.45, 2.75) is 43.6 Å². The van der Waals surface area contributed by atoms with Gasteiger partial charge in [-0.1, -0.05) is 84.3 Å². The zero-order chi connectivity index (χ0) is 20.8. The molecule has 0 saturated heterocycles. The first-order valence-corrected chi connectivity index (χ1v) is 11.3. The van der Waals surface area contributed by atoms with Gasteiger partial charge in [-0.25, -0.2) is 0 Å². The SMILES string of the molecule is CCCCc1noc(CSc2nnc(-c3ccccc3Cl)n2Cc2ccccc2)n1. The summed E-state index contributed by atoms with van der Waals surface area (Å²) >= 11 is 7.97. The summed E-state index contributed by atoms with van der Waals surface area (Å²) in [6.07, 6.45) is 3.00. The summed E-state index contributed by atoms with van der Waals surface area (Å²) in [5.41, 5.74) is 2.01. The lowest BCUT2D eigenvalue weighted by atomic mass is 10.2. The number of unbranched alkanes of at least 4 members (excludes halogenated alkanes) is 1. The fraction of sp³-hybridized carbons (Fsp3) is 0.273. The molecule has 0 aliphatic carbocycles. The molecule has 0 N–H and O–H groups in total. The van der Waals surface area contributed by atoms with Gasteiger partial charge in [-0.3, -0.25) is 4.57 Å². The lowest BCUT2D eigenvalue weighted by molar-refractivity contribution is 0.384. The first-order valence-electron chi connectivity index (χ1n) is 9.91. The Morgan fingerprint density at radius 3 is 2.63 bits per heavy atom. The van der Waals surface area contributed by atoms with E-state index in [0.717, 1.165) is 47.2 Å². The Bertz CT molecular complexity index is 1100. The molecule has 4 aromatic rings. The van der Waals surface area contributed by atoms with Gasteiger partial charge in [0.1, 0.15) is 0 Å². The number of nitrogens with zero attached hydrogens (tertiary/aromatic N) is 5. The van der Waals surface area contributed by atoms with Crippen LogP contribution in [0.5, 0.6) is 0 Å². The molecule has 0 spiro atoms. The fourth-order valence-corrected chi connectivity index (χ4v) is 4.05. The van der Waals surface area contributed by atoms with Crippen LogP contribution in [0.25, 0.3) is 11.4 Å². The van der Waals surface area contributed by atoms with Gasteiger partial charge in [0.15, 0.2) is 16.8 Å². The van der Waals surface area contributed by atoms with Crippen LogP contribution in [0.1, 0.15) is 37.0 Å². The largest absolute Gasteiger partial charge is 0.338 e. The third kappa shape index (κ3) is 4.91. The molecule has 6 nitrogen and oxygen atoms in total. The number of aromatic nitrogens is 5. The van der Waals surface area contributed by atoms with Gasteiger partial charge < -0.3 is 4.52 Å². The normalized spacial score (nSPS) is 11.1. The van der Waals surface area contributed by atoms with E-state index in [0.29, 0.717) is 23.2 Å². The van der Waals surface area contributed by atoms with Crippen LogP contribution in [-0.2, 0) is 18.7 Å². The molecule has 0 aliphatic heterocycles. The Balaban J connectivity index is 1.59. The highest BCUT2D eigenvalue weighted by Gasteiger charge is 2.18. The Labute approximate surface area is 184 Å². The van der Waals surface area contributed by atoms with E-state index in [1.807, 2.05) is 42.5 Å².